The van der Waals surface area contributed by atoms with Gasteiger partial charge in [-0.25, -0.2) is 0 Å². The molecule has 1 atom stereocenters. The summed E-state index contributed by atoms with van der Waals surface area (Å²) in [6, 6.07) is 15.5. The van der Waals surface area contributed by atoms with Gasteiger partial charge >= 0.3 is 0 Å². The molecule has 1 heterocycles. The lowest BCUT2D eigenvalue weighted by Crippen LogP contribution is -2.36. The third kappa shape index (κ3) is 1.94. The number of nitrogens with zero attached hydrogens (tertiary/aromatic N) is 1. The molecule has 0 radical (unpaired) electrons. The highest BCUT2D eigenvalue weighted by molar-refractivity contribution is 6.10. The van der Waals surface area contributed by atoms with E-state index < -0.39 is 0 Å². The summed E-state index contributed by atoms with van der Waals surface area (Å²) in [6.45, 7) is 2.07. The summed E-state index contributed by atoms with van der Waals surface area (Å²) in [5.41, 5.74) is 6.05. The van der Waals surface area contributed by atoms with Crippen LogP contribution in [-0.2, 0) is 6.42 Å². The summed E-state index contributed by atoms with van der Waals surface area (Å²) >= 11 is 0. The summed E-state index contributed by atoms with van der Waals surface area (Å²) in [5, 5.41) is 0. The third-order valence-corrected chi connectivity index (χ3v) is 3.74. The highest BCUT2D eigenvalue weighted by Gasteiger charge is 2.31. The maximum atomic E-state index is 12.8. The van der Waals surface area contributed by atoms with E-state index in [0.29, 0.717) is 11.3 Å². The van der Waals surface area contributed by atoms with Crippen LogP contribution in [0.2, 0.25) is 0 Å². The molecular weight excluding hydrogens is 250 g/mol. The molecular formula is C16H17N3O. The summed E-state index contributed by atoms with van der Waals surface area (Å²) < 4.78 is 0. The van der Waals surface area contributed by atoms with Crippen molar-refractivity contribution in [3.8, 4) is 0 Å². The van der Waals surface area contributed by atoms with Crippen molar-refractivity contribution in [1.82, 2.24) is 0 Å². The molecule has 0 spiro atoms. The number of nitrogens with two attached hydrogens (primary N) is 1. The number of amides is 1. The van der Waals surface area contributed by atoms with E-state index in [1.54, 1.807) is 12.1 Å². The molecule has 1 amide bonds. The maximum Gasteiger partial charge on any atom is 0.260 e. The Morgan fingerprint density at radius 1 is 1.20 bits per heavy atom. The quantitative estimate of drug-likeness (QED) is 0.649. The molecule has 0 aromatic heterocycles. The van der Waals surface area contributed by atoms with Crippen molar-refractivity contribution in [2.45, 2.75) is 19.4 Å². The van der Waals surface area contributed by atoms with Crippen molar-refractivity contribution >= 4 is 17.3 Å². The molecule has 3 rings (SSSR count). The van der Waals surface area contributed by atoms with E-state index in [4.69, 9.17) is 5.84 Å². The average Bonchev–Trinajstić information content (AvgIpc) is 2.82. The monoisotopic (exact) mass is 267 g/mol. The number of carbonyl (C=O) groups excluding carboxylic acids is 1. The molecule has 0 saturated heterocycles. The Labute approximate surface area is 118 Å². The number of para-hydroxylation sites is 2. The first-order valence-corrected chi connectivity index (χ1v) is 6.69. The minimum atomic E-state index is -0.0176. The summed E-state index contributed by atoms with van der Waals surface area (Å²) in [5.74, 6) is 5.48. The molecule has 0 fully saturated rings. The second-order valence-electron chi connectivity index (χ2n) is 5.05. The van der Waals surface area contributed by atoms with Gasteiger partial charge in [0.2, 0.25) is 0 Å². The van der Waals surface area contributed by atoms with Gasteiger partial charge in [-0.05, 0) is 37.1 Å². The van der Waals surface area contributed by atoms with Crippen molar-refractivity contribution in [2.24, 2.45) is 5.84 Å². The number of hydrogen-bond acceptors (Lipinski definition) is 3. The summed E-state index contributed by atoms with van der Waals surface area (Å²) in [4.78, 5) is 14.7. The van der Waals surface area contributed by atoms with Gasteiger partial charge in [0, 0.05) is 11.7 Å². The largest absolute Gasteiger partial charge is 0.323 e. The van der Waals surface area contributed by atoms with E-state index in [2.05, 4.69) is 18.4 Å². The molecule has 3 N–H and O–H groups in total. The first-order chi connectivity index (χ1) is 9.72. The van der Waals surface area contributed by atoms with Crippen LogP contribution in [0.1, 0.15) is 22.8 Å². The lowest BCUT2D eigenvalue weighted by molar-refractivity contribution is 0.0982. The fourth-order valence-electron chi connectivity index (χ4n) is 2.80. The van der Waals surface area contributed by atoms with Gasteiger partial charge in [-0.15, -0.1) is 0 Å². The van der Waals surface area contributed by atoms with Gasteiger partial charge in [0.25, 0.3) is 5.91 Å². The van der Waals surface area contributed by atoms with Crippen molar-refractivity contribution < 1.29 is 4.79 Å². The first kappa shape index (κ1) is 12.7. The van der Waals surface area contributed by atoms with Crippen LogP contribution in [0.3, 0.4) is 0 Å². The fourth-order valence-corrected chi connectivity index (χ4v) is 2.80. The van der Waals surface area contributed by atoms with E-state index in [-0.39, 0.29) is 11.9 Å². The van der Waals surface area contributed by atoms with E-state index in [1.165, 1.54) is 5.56 Å². The third-order valence-electron chi connectivity index (χ3n) is 3.74. The number of nitrogens with one attached hydrogen (secondary N) is 1. The van der Waals surface area contributed by atoms with Crippen LogP contribution in [0.5, 0.6) is 0 Å². The molecule has 4 heteroatoms. The van der Waals surface area contributed by atoms with Crippen LogP contribution in [0.4, 0.5) is 11.4 Å². The zero-order valence-electron chi connectivity index (χ0n) is 11.3. The SMILES string of the molecule is CC1Cc2ccccc2N1C(=O)c1ccccc1NN. The molecule has 1 aliphatic heterocycles. The number of rotatable bonds is 2. The molecule has 1 unspecified atom stereocenters. The zero-order chi connectivity index (χ0) is 14.1. The second kappa shape index (κ2) is 4.98. The van der Waals surface area contributed by atoms with Crippen LogP contribution < -0.4 is 16.2 Å². The highest BCUT2D eigenvalue weighted by Crippen LogP contribution is 2.33. The fraction of sp³-hybridized carbons (Fsp3) is 0.188. The molecule has 4 nitrogen and oxygen atoms in total. The number of hydrogen-bond donors (Lipinski definition) is 2. The minimum absolute atomic E-state index is 0.0176. The Kier molecular flexibility index (Phi) is 3.16. The van der Waals surface area contributed by atoms with Crippen LogP contribution in [0.15, 0.2) is 48.5 Å². The normalized spacial score (nSPS) is 16.9. The van der Waals surface area contributed by atoms with Crippen molar-refractivity contribution in [1.29, 1.82) is 0 Å². The Bertz CT molecular complexity index is 654. The number of carbonyl (C=O) groups is 1. The molecule has 0 saturated carbocycles. The predicted octanol–water partition coefficient (Wildman–Crippen LogP) is 2.56. The van der Waals surface area contributed by atoms with E-state index in [0.717, 1.165) is 12.1 Å². The lowest BCUT2D eigenvalue weighted by Gasteiger charge is -2.23. The summed E-state index contributed by atoms with van der Waals surface area (Å²) in [6.07, 6.45) is 0.889. The highest BCUT2D eigenvalue weighted by atomic mass is 16.2. The van der Waals surface area contributed by atoms with Gasteiger partial charge in [0.15, 0.2) is 0 Å². The summed E-state index contributed by atoms with van der Waals surface area (Å²) in [7, 11) is 0. The molecule has 1 aliphatic rings. The Balaban J connectivity index is 2.03. The first-order valence-electron chi connectivity index (χ1n) is 6.69. The van der Waals surface area contributed by atoms with Crippen LogP contribution in [0, 0.1) is 0 Å². The van der Waals surface area contributed by atoms with E-state index in [1.807, 2.05) is 35.2 Å². The van der Waals surface area contributed by atoms with Gasteiger partial charge in [-0.3, -0.25) is 10.6 Å². The second-order valence-corrected chi connectivity index (χ2v) is 5.05. The van der Waals surface area contributed by atoms with Crippen LogP contribution in [-0.4, -0.2) is 11.9 Å². The minimum Gasteiger partial charge on any atom is -0.323 e. The van der Waals surface area contributed by atoms with E-state index >= 15 is 0 Å². The Morgan fingerprint density at radius 3 is 2.70 bits per heavy atom. The smallest absolute Gasteiger partial charge is 0.260 e. The molecule has 0 aliphatic carbocycles. The van der Waals surface area contributed by atoms with Gasteiger partial charge < -0.3 is 10.3 Å². The molecule has 2 aromatic rings. The zero-order valence-corrected chi connectivity index (χ0v) is 11.3. The van der Waals surface area contributed by atoms with Gasteiger partial charge in [0.05, 0.1) is 11.3 Å². The molecule has 20 heavy (non-hydrogen) atoms. The Morgan fingerprint density at radius 2 is 1.90 bits per heavy atom. The predicted molar refractivity (Wildman–Crippen MR) is 80.7 cm³/mol. The molecule has 0 bridgehead atoms. The molecule has 2 aromatic carbocycles. The maximum absolute atomic E-state index is 12.8. The molecule has 102 valence electrons. The number of benzene rings is 2. The van der Waals surface area contributed by atoms with Crippen molar-refractivity contribution in [3.05, 3.63) is 59.7 Å². The van der Waals surface area contributed by atoms with Crippen LogP contribution >= 0.6 is 0 Å². The number of nitrogen functional groups attached to an aromatic ring is 1. The van der Waals surface area contributed by atoms with E-state index in [9.17, 15) is 4.79 Å². The Hall–Kier alpha value is -2.33. The number of hydrazine groups is 1. The van der Waals surface area contributed by atoms with Crippen molar-refractivity contribution in [2.75, 3.05) is 10.3 Å². The topological polar surface area (TPSA) is 58.4 Å². The lowest BCUT2D eigenvalue weighted by atomic mass is 10.1. The number of fused-ring (bicyclic) bond motifs is 1. The average molecular weight is 267 g/mol. The van der Waals surface area contributed by atoms with Crippen molar-refractivity contribution in [3.63, 3.8) is 0 Å². The number of anilines is 2. The van der Waals surface area contributed by atoms with Gasteiger partial charge in [-0.2, -0.15) is 0 Å². The van der Waals surface area contributed by atoms with Gasteiger partial charge in [-0.1, -0.05) is 30.3 Å². The standard InChI is InChI=1S/C16H17N3O/c1-11-10-12-6-2-5-9-15(12)19(11)16(20)13-7-3-4-8-14(13)18-17/h2-9,11,18H,10,17H2,1H3. The van der Waals surface area contributed by atoms with Gasteiger partial charge in [0.1, 0.15) is 0 Å². The van der Waals surface area contributed by atoms with Crippen LogP contribution in [0.25, 0.3) is 0 Å².